The Balaban J connectivity index is 1.94. The first-order chi connectivity index (χ1) is 13.4. The number of hydrogen-bond acceptors (Lipinski definition) is 5. The largest absolute Gasteiger partial charge is 0.501 e. The van der Waals surface area contributed by atoms with Crippen LogP contribution in [-0.2, 0) is 13.6 Å². The van der Waals surface area contributed by atoms with Gasteiger partial charge in [0.15, 0.2) is 5.69 Å². The molecule has 144 valence electrons. The van der Waals surface area contributed by atoms with Crippen LogP contribution in [0.5, 0.6) is 11.5 Å². The molecule has 28 heavy (non-hydrogen) atoms. The molecule has 2 N–H and O–H groups in total. The molecule has 3 aromatic rings. The number of nitrogens with one attached hydrogen (secondary N) is 1. The van der Waals surface area contributed by atoms with Crippen LogP contribution in [0.3, 0.4) is 0 Å². The minimum Gasteiger partial charge on any atom is -0.501 e. The normalized spacial score (nSPS) is 10.5. The highest BCUT2D eigenvalue weighted by molar-refractivity contribution is 5.95. The van der Waals surface area contributed by atoms with Gasteiger partial charge in [0.2, 0.25) is 5.75 Å². The molecule has 8 heteroatoms. The molecular formula is C20H18FN3O4. The van der Waals surface area contributed by atoms with Gasteiger partial charge in [-0.25, -0.2) is 9.37 Å². The van der Waals surface area contributed by atoms with Crippen molar-refractivity contribution in [2.45, 2.75) is 6.54 Å². The zero-order chi connectivity index (χ0) is 20.3. The van der Waals surface area contributed by atoms with Crippen LogP contribution in [0.15, 0.2) is 53.3 Å². The minimum atomic E-state index is -0.750. The van der Waals surface area contributed by atoms with E-state index in [1.54, 1.807) is 24.3 Å². The Morgan fingerprint density at radius 1 is 1.25 bits per heavy atom. The molecule has 0 atom stereocenters. The second-order valence-corrected chi connectivity index (χ2v) is 6.04. The average molecular weight is 383 g/mol. The molecule has 0 saturated heterocycles. The molecule has 0 radical (unpaired) electrons. The summed E-state index contributed by atoms with van der Waals surface area (Å²) in [6.07, 6.45) is 0. The topological polar surface area (TPSA) is 93.5 Å². The molecule has 1 amide bonds. The smallest absolute Gasteiger partial charge is 0.296 e. The van der Waals surface area contributed by atoms with Gasteiger partial charge in [0.25, 0.3) is 11.5 Å². The van der Waals surface area contributed by atoms with Crippen molar-refractivity contribution in [2.75, 3.05) is 7.11 Å². The molecule has 0 aliphatic rings. The van der Waals surface area contributed by atoms with Crippen molar-refractivity contribution in [3.8, 4) is 22.9 Å². The maximum atomic E-state index is 13.0. The third kappa shape index (κ3) is 3.85. The summed E-state index contributed by atoms with van der Waals surface area (Å²) in [5, 5.41) is 12.7. The average Bonchev–Trinajstić information content (AvgIpc) is 2.71. The van der Waals surface area contributed by atoms with Crippen LogP contribution in [0.2, 0.25) is 0 Å². The maximum absolute atomic E-state index is 13.0. The number of ether oxygens (including phenoxy) is 1. The molecule has 1 aromatic heterocycles. The second kappa shape index (κ2) is 7.91. The molecule has 0 saturated carbocycles. The number of methoxy groups -OCH3 is 1. The van der Waals surface area contributed by atoms with Gasteiger partial charge >= 0.3 is 0 Å². The van der Waals surface area contributed by atoms with Crippen LogP contribution in [0.1, 0.15) is 16.1 Å². The first-order valence-corrected chi connectivity index (χ1v) is 8.37. The Kier molecular flexibility index (Phi) is 5.39. The van der Waals surface area contributed by atoms with Crippen LogP contribution in [0.25, 0.3) is 11.4 Å². The van der Waals surface area contributed by atoms with E-state index in [4.69, 9.17) is 4.74 Å². The van der Waals surface area contributed by atoms with Gasteiger partial charge in [0, 0.05) is 19.2 Å². The number of carbonyl (C=O) groups excluding carboxylic acids is 1. The monoisotopic (exact) mass is 383 g/mol. The van der Waals surface area contributed by atoms with Crippen molar-refractivity contribution >= 4 is 5.91 Å². The fraction of sp³-hybridized carbons (Fsp3) is 0.150. The van der Waals surface area contributed by atoms with E-state index in [0.29, 0.717) is 16.9 Å². The molecular weight excluding hydrogens is 365 g/mol. The summed E-state index contributed by atoms with van der Waals surface area (Å²) >= 11 is 0. The van der Waals surface area contributed by atoms with Gasteiger partial charge in [-0.3, -0.25) is 14.2 Å². The molecule has 0 unspecified atom stereocenters. The van der Waals surface area contributed by atoms with E-state index >= 15 is 0 Å². The van der Waals surface area contributed by atoms with Crippen molar-refractivity contribution in [1.82, 2.24) is 14.9 Å². The number of halogens is 1. The van der Waals surface area contributed by atoms with E-state index in [1.165, 1.54) is 38.4 Å². The van der Waals surface area contributed by atoms with Crippen molar-refractivity contribution in [2.24, 2.45) is 7.05 Å². The quantitative estimate of drug-likeness (QED) is 0.705. The van der Waals surface area contributed by atoms with Gasteiger partial charge in [0.05, 0.1) is 7.11 Å². The third-order valence-electron chi connectivity index (χ3n) is 4.18. The number of aromatic hydroxyl groups is 1. The summed E-state index contributed by atoms with van der Waals surface area (Å²) in [5.41, 5.74) is 0.0698. The molecule has 1 heterocycles. The first kappa shape index (κ1) is 19.1. The minimum absolute atomic E-state index is 0.0872. The summed E-state index contributed by atoms with van der Waals surface area (Å²) in [4.78, 5) is 29.1. The number of rotatable bonds is 5. The predicted molar refractivity (Wildman–Crippen MR) is 101 cm³/mol. The van der Waals surface area contributed by atoms with E-state index in [-0.39, 0.29) is 23.9 Å². The van der Waals surface area contributed by atoms with E-state index in [1.807, 2.05) is 0 Å². The highest BCUT2D eigenvalue weighted by Crippen LogP contribution is 2.23. The zero-order valence-electron chi connectivity index (χ0n) is 15.3. The van der Waals surface area contributed by atoms with Crippen LogP contribution in [0, 0.1) is 5.82 Å². The Morgan fingerprint density at radius 3 is 2.64 bits per heavy atom. The number of carbonyl (C=O) groups is 1. The molecule has 2 aromatic carbocycles. The fourth-order valence-corrected chi connectivity index (χ4v) is 2.64. The first-order valence-electron chi connectivity index (χ1n) is 8.37. The number of hydrogen-bond donors (Lipinski definition) is 2. The Morgan fingerprint density at radius 2 is 1.96 bits per heavy atom. The summed E-state index contributed by atoms with van der Waals surface area (Å²) in [5.74, 6) is -1.09. The summed E-state index contributed by atoms with van der Waals surface area (Å²) < 4.78 is 19.3. The van der Waals surface area contributed by atoms with Crippen molar-refractivity contribution in [3.63, 3.8) is 0 Å². The molecule has 0 aliphatic carbocycles. The van der Waals surface area contributed by atoms with Crippen LogP contribution >= 0.6 is 0 Å². The maximum Gasteiger partial charge on any atom is 0.296 e. The third-order valence-corrected chi connectivity index (χ3v) is 4.18. The van der Waals surface area contributed by atoms with Crippen LogP contribution in [0.4, 0.5) is 4.39 Å². The Labute approximate surface area is 160 Å². The number of aromatic nitrogens is 2. The van der Waals surface area contributed by atoms with Gasteiger partial charge < -0.3 is 15.2 Å². The van der Waals surface area contributed by atoms with Crippen LogP contribution in [-0.4, -0.2) is 27.7 Å². The summed E-state index contributed by atoms with van der Waals surface area (Å²) in [6, 6.07) is 12.4. The standard InChI is InChI=1S/C20H18FN3O4/c1-24-18(13-4-3-5-15(10-13)28-2)23-16(17(25)20(24)27)19(26)22-11-12-6-8-14(21)9-7-12/h3-10,25H,11H2,1-2H3,(H,22,26). The predicted octanol–water partition coefficient (Wildman–Crippen LogP) is 2.23. The van der Waals surface area contributed by atoms with E-state index in [0.717, 1.165) is 4.57 Å². The van der Waals surface area contributed by atoms with E-state index < -0.39 is 17.2 Å². The van der Waals surface area contributed by atoms with Gasteiger partial charge in [-0.2, -0.15) is 0 Å². The summed E-state index contributed by atoms with van der Waals surface area (Å²) in [7, 11) is 2.96. The lowest BCUT2D eigenvalue weighted by Crippen LogP contribution is -2.29. The Hall–Kier alpha value is -3.68. The lowest BCUT2D eigenvalue weighted by molar-refractivity contribution is 0.0942. The number of nitrogens with zero attached hydrogens (tertiary/aromatic N) is 2. The number of amides is 1. The molecule has 0 spiro atoms. The number of benzene rings is 2. The van der Waals surface area contributed by atoms with E-state index in [2.05, 4.69) is 10.3 Å². The summed E-state index contributed by atoms with van der Waals surface area (Å²) in [6.45, 7) is 0.0872. The van der Waals surface area contributed by atoms with Crippen molar-refractivity contribution < 1.29 is 19.0 Å². The molecule has 0 bridgehead atoms. The zero-order valence-corrected chi connectivity index (χ0v) is 15.3. The molecule has 3 rings (SSSR count). The molecule has 0 fully saturated rings. The van der Waals surface area contributed by atoms with Crippen molar-refractivity contribution in [3.05, 3.63) is 76.0 Å². The van der Waals surface area contributed by atoms with Gasteiger partial charge in [-0.1, -0.05) is 24.3 Å². The molecule has 0 aliphatic heterocycles. The second-order valence-electron chi connectivity index (χ2n) is 6.04. The van der Waals surface area contributed by atoms with Crippen molar-refractivity contribution in [1.29, 1.82) is 0 Å². The fourth-order valence-electron chi connectivity index (χ4n) is 2.64. The Bertz CT molecular complexity index is 1080. The lowest BCUT2D eigenvalue weighted by atomic mass is 10.2. The highest BCUT2D eigenvalue weighted by atomic mass is 19.1. The van der Waals surface area contributed by atoms with Gasteiger partial charge in [0.1, 0.15) is 17.4 Å². The SMILES string of the molecule is COc1cccc(-c2nc(C(=O)NCc3ccc(F)cc3)c(O)c(=O)n2C)c1. The highest BCUT2D eigenvalue weighted by Gasteiger charge is 2.21. The lowest BCUT2D eigenvalue weighted by Gasteiger charge is -2.12. The van der Waals surface area contributed by atoms with E-state index in [9.17, 15) is 19.1 Å². The van der Waals surface area contributed by atoms with Gasteiger partial charge in [-0.05, 0) is 29.8 Å². The molecule has 7 nitrogen and oxygen atoms in total. The van der Waals surface area contributed by atoms with Crippen LogP contribution < -0.4 is 15.6 Å². The van der Waals surface area contributed by atoms with Gasteiger partial charge in [-0.15, -0.1) is 0 Å².